The number of nitrogens with zero attached hydrogens (tertiary/aromatic N) is 3. The highest BCUT2D eigenvalue weighted by Gasteiger charge is 2.33. The molecule has 0 bridgehead atoms. The number of hydrogen-bond donors (Lipinski definition) is 2. The molecule has 8 nitrogen and oxygen atoms in total. The monoisotopic (exact) mass is 502 g/mol. The van der Waals surface area contributed by atoms with Crippen LogP contribution < -0.4 is 10.1 Å². The molecule has 0 spiro atoms. The van der Waals surface area contributed by atoms with Gasteiger partial charge in [0.25, 0.3) is 11.8 Å². The van der Waals surface area contributed by atoms with Crippen LogP contribution in [-0.4, -0.2) is 70.6 Å². The van der Waals surface area contributed by atoms with Crippen molar-refractivity contribution in [1.29, 1.82) is 0 Å². The number of carbonyl (C=O) groups excluding carboxylic acids is 2. The number of fused-ring (bicyclic) bond motifs is 1. The van der Waals surface area contributed by atoms with Gasteiger partial charge in [-0.3, -0.25) is 19.5 Å². The van der Waals surface area contributed by atoms with Crippen LogP contribution in [0.4, 0.5) is 5.69 Å². The second kappa shape index (κ2) is 12.0. The number of rotatable bonds is 8. The van der Waals surface area contributed by atoms with E-state index < -0.39 is 0 Å². The van der Waals surface area contributed by atoms with E-state index in [9.17, 15) is 14.7 Å². The summed E-state index contributed by atoms with van der Waals surface area (Å²) in [5, 5.41) is 12.7. The third-order valence-electron chi connectivity index (χ3n) is 6.65. The number of ether oxygens (including phenoxy) is 1. The zero-order valence-electron chi connectivity index (χ0n) is 21.5. The minimum Gasteiger partial charge on any atom is -0.488 e. The molecule has 0 saturated heterocycles. The van der Waals surface area contributed by atoms with Gasteiger partial charge in [-0.05, 0) is 49.9 Å². The molecule has 4 rings (SSSR count). The molecule has 194 valence electrons. The zero-order valence-corrected chi connectivity index (χ0v) is 21.5. The molecule has 2 amide bonds. The Morgan fingerprint density at radius 3 is 2.62 bits per heavy atom. The second-order valence-corrected chi connectivity index (χ2v) is 9.71. The minimum atomic E-state index is -0.362. The molecule has 3 atom stereocenters. The van der Waals surface area contributed by atoms with Crippen LogP contribution in [0.5, 0.6) is 5.75 Å². The average Bonchev–Trinajstić information content (AvgIpc) is 2.91. The summed E-state index contributed by atoms with van der Waals surface area (Å²) in [6.45, 7) is 5.63. The summed E-state index contributed by atoms with van der Waals surface area (Å²) in [5.41, 5.74) is 2.52. The highest BCUT2D eigenvalue weighted by Crippen LogP contribution is 2.31. The molecule has 0 aliphatic carbocycles. The Morgan fingerprint density at radius 2 is 1.92 bits per heavy atom. The highest BCUT2D eigenvalue weighted by atomic mass is 16.5. The molecule has 1 aromatic heterocycles. The van der Waals surface area contributed by atoms with Gasteiger partial charge in [0.15, 0.2) is 0 Å². The van der Waals surface area contributed by atoms with Crippen LogP contribution in [0, 0.1) is 5.92 Å². The summed E-state index contributed by atoms with van der Waals surface area (Å²) in [5.74, 6) is -0.0437. The third kappa shape index (κ3) is 6.53. The Morgan fingerprint density at radius 1 is 1.19 bits per heavy atom. The van der Waals surface area contributed by atoms with Gasteiger partial charge in [0.05, 0.1) is 18.2 Å². The SMILES string of the molecule is C[C@H]1CN([C@@H](C)CO)C(=O)c2cc(NC(=O)c3ccncc3)ccc2O[C@@H]1CN(C)Cc1ccccc1. The number of aliphatic hydroxyl groups excluding tert-OH is 1. The summed E-state index contributed by atoms with van der Waals surface area (Å²) < 4.78 is 6.46. The van der Waals surface area contributed by atoms with Gasteiger partial charge in [0.1, 0.15) is 11.9 Å². The predicted molar refractivity (Wildman–Crippen MR) is 143 cm³/mol. The molecular formula is C29H34N4O4. The number of benzene rings is 2. The first-order valence-corrected chi connectivity index (χ1v) is 12.5. The maximum Gasteiger partial charge on any atom is 0.258 e. The fourth-order valence-electron chi connectivity index (χ4n) is 4.49. The molecular weight excluding hydrogens is 468 g/mol. The Bertz CT molecular complexity index is 1210. The molecule has 0 saturated carbocycles. The standard InChI is InChI=1S/C29H34N4O4/c1-20-16-33(21(2)19-34)29(36)25-15-24(31-28(35)23-11-13-30-14-12-23)9-10-26(25)37-27(20)18-32(3)17-22-7-5-4-6-8-22/h4-15,20-21,27,34H,16-19H2,1-3H3,(H,31,35)/t20-,21-,27+/m0/s1. The highest BCUT2D eigenvalue weighted by molar-refractivity contribution is 6.05. The fraction of sp³-hybridized carbons (Fsp3) is 0.345. The molecule has 2 N–H and O–H groups in total. The minimum absolute atomic E-state index is 0.0235. The number of hydrogen-bond acceptors (Lipinski definition) is 6. The number of amides is 2. The van der Waals surface area contributed by atoms with E-state index in [-0.39, 0.29) is 36.5 Å². The van der Waals surface area contributed by atoms with Crippen molar-refractivity contribution in [3.8, 4) is 5.75 Å². The number of likely N-dealkylation sites (N-methyl/N-ethyl adjacent to an activating group) is 1. The summed E-state index contributed by atoms with van der Waals surface area (Å²) in [7, 11) is 2.06. The number of nitrogens with one attached hydrogen (secondary N) is 1. The third-order valence-corrected chi connectivity index (χ3v) is 6.65. The summed E-state index contributed by atoms with van der Waals surface area (Å²) in [6, 6.07) is 18.3. The van der Waals surface area contributed by atoms with E-state index >= 15 is 0 Å². The van der Waals surface area contributed by atoms with Crippen molar-refractivity contribution in [1.82, 2.24) is 14.8 Å². The smallest absolute Gasteiger partial charge is 0.258 e. The van der Waals surface area contributed by atoms with E-state index in [1.54, 1.807) is 47.6 Å². The van der Waals surface area contributed by atoms with Crippen molar-refractivity contribution < 1.29 is 19.4 Å². The number of aliphatic hydroxyl groups is 1. The molecule has 3 aromatic rings. The molecule has 0 unspecified atom stereocenters. The van der Waals surface area contributed by atoms with E-state index in [0.717, 1.165) is 6.54 Å². The lowest BCUT2D eigenvalue weighted by Crippen LogP contribution is -2.49. The van der Waals surface area contributed by atoms with Gasteiger partial charge in [-0.2, -0.15) is 0 Å². The predicted octanol–water partition coefficient (Wildman–Crippen LogP) is 3.69. The summed E-state index contributed by atoms with van der Waals surface area (Å²) >= 11 is 0. The van der Waals surface area contributed by atoms with E-state index in [1.807, 2.05) is 25.1 Å². The molecule has 0 fully saturated rings. The first-order chi connectivity index (χ1) is 17.9. The number of pyridine rings is 1. The molecule has 1 aliphatic rings. The van der Waals surface area contributed by atoms with Gasteiger partial charge in [-0.1, -0.05) is 37.3 Å². The van der Waals surface area contributed by atoms with Crippen molar-refractivity contribution in [2.24, 2.45) is 5.92 Å². The second-order valence-electron chi connectivity index (χ2n) is 9.71. The maximum absolute atomic E-state index is 13.6. The Hall–Kier alpha value is -3.75. The van der Waals surface area contributed by atoms with Crippen molar-refractivity contribution in [2.75, 3.05) is 32.1 Å². The van der Waals surface area contributed by atoms with Crippen LogP contribution in [0.25, 0.3) is 0 Å². The molecule has 1 aliphatic heterocycles. The fourth-order valence-corrected chi connectivity index (χ4v) is 4.49. The first kappa shape index (κ1) is 26.3. The largest absolute Gasteiger partial charge is 0.488 e. The Labute approximate surface area is 217 Å². The lowest BCUT2D eigenvalue weighted by atomic mass is 9.99. The van der Waals surface area contributed by atoms with Crippen LogP contribution >= 0.6 is 0 Å². The van der Waals surface area contributed by atoms with Gasteiger partial charge in [-0.25, -0.2) is 0 Å². The maximum atomic E-state index is 13.6. The van der Waals surface area contributed by atoms with Crippen molar-refractivity contribution in [3.05, 3.63) is 89.7 Å². The number of anilines is 1. The lowest BCUT2D eigenvalue weighted by molar-refractivity contribution is 0.0341. The number of aromatic nitrogens is 1. The zero-order chi connectivity index (χ0) is 26.4. The normalized spacial score (nSPS) is 18.4. The first-order valence-electron chi connectivity index (χ1n) is 12.5. The number of carbonyl (C=O) groups is 2. The molecule has 2 aromatic carbocycles. The average molecular weight is 503 g/mol. The van der Waals surface area contributed by atoms with Crippen LogP contribution in [0.1, 0.15) is 40.1 Å². The van der Waals surface area contributed by atoms with Gasteiger partial charge in [0, 0.05) is 49.2 Å². The van der Waals surface area contributed by atoms with Crippen LogP contribution in [0.15, 0.2) is 73.1 Å². The van der Waals surface area contributed by atoms with Gasteiger partial charge in [0.2, 0.25) is 0 Å². The summed E-state index contributed by atoms with van der Waals surface area (Å²) in [4.78, 5) is 34.1. The summed E-state index contributed by atoms with van der Waals surface area (Å²) in [6.07, 6.45) is 2.92. The van der Waals surface area contributed by atoms with Crippen molar-refractivity contribution in [2.45, 2.75) is 32.5 Å². The van der Waals surface area contributed by atoms with E-state index in [2.05, 4.69) is 41.3 Å². The quantitative estimate of drug-likeness (QED) is 0.488. The van der Waals surface area contributed by atoms with Gasteiger partial charge < -0.3 is 20.1 Å². The van der Waals surface area contributed by atoms with Gasteiger partial charge in [-0.15, -0.1) is 0 Å². The van der Waals surface area contributed by atoms with Crippen LogP contribution in [-0.2, 0) is 6.54 Å². The molecule has 2 heterocycles. The van der Waals surface area contributed by atoms with E-state index in [0.29, 0.717) is 35.7 Å². The molecule has 8 heteroatoms. The van der Waals surface area contributed by atoms with E-state index in [4.69, 9.17) is 4.74 Å². The van der Waals surface area contributed by atoms with Crippen LogP contribution in [0.3, 0.4) is 0 Å². The molecule has 37 heavy (non-hydrogen) atoms. The lowest BCUT2D eigenvalue weighted by Gasteiger charge is -2.38. The van der Waals surface area contributed by atoms with Crippen molar-refractivity contribution >= 4 is 17.5 Å². The van der Waals surface area contributed by atoms with Crippen molar-refractivity contribution in [3.63, 3.8) is 0 Å². The topological polar surface area (TPSA) is 95.0 Å². The Kier molecular flexibility index (Phi) is 8.53. The Balaban J connectivity index is 1.60. The van der Waals surface area contributed by atoms with E-state index in [1.165, 1.54) is 5.56 Å². The molecule has 0 radical (unpaired) electrons. The van der Waals surface area contributed by atoms with Gasteiger partial charge >= 0.3 is 0 Å². The van der Waals surface area contributed by atoms with Crippen LogP contribution in [0.2, 0.25) is 0 Å².